The Morgan fingerprint density at radius 3 is 2.62 bits per heavy atom. The molecule has 37 heavy (non-hydrogen) atoms. The summed E-state index contributed by atoms with van der Waals surface area (Å²) in [5, 5.41) is 7.64. The third-order valence-corrected chi connectivity index (χ3v) is 7.15. The van der Waals surface area contributed by atoms with Gasteiger partial charge in [-0.1, -0.05) is 49.7 Å². The minimum absolute atomic E-state index is 0.0149. The predicted octanol–water partition coefficient (Wildman–Crippen LogP) is 4.53. The Morgan fingerprint density at radius 1 is 1.05 bits per heavy atom. The van der Waals surface area contributed by atoms with Crippen LogP contribution in [0, 0.1) is 0 Å². The number of benzene rings is 2. The number of hydrogen-bond acceptors (Lipinski definition) is 6. The molecule has 1 unspecified atom stereocenters. The molecule has 1 atom stereocenters. The minimum Gasteiger partial charge on any atom is -0.493 e. The monoisotopic (exact) mass is 504 g/mol. The Morgan fingerprint density at radius 2 is 1.86 bits per heavy atom. The van der Waals surface area contributed by atoms with Crippen molar-refractivity contribution in [1.29, 1.82) is 0 Å². The lowest BCUT2D eigenvalue weighted by Gasteiger charge is -2.30. The van der Waals surface area contributed by atoms with Crippen molar-refractivity contribution < 1.29 is 19.0 Å². The number of amides is 1. The molecule has 0 bridgehead atoms. The first-order valence-electron chi connectivity index (χ1n) is 13.3. The lowest BCUT2D eigenvalue weighted by molar-refractivity contribution is 0.0354. The zero-order valence-corrected chi connectivity index (χ0v) is 21.7. The largest absolute Gasteiger partial charge is 0.493 e. The molecule has 0 aliphatic carbocycles. The highest BCUT2D eigenvalue weighted by Crippen LogP contribution is 2.44. The number of carbonyl (C=O) groups excluding carboxylic acids is 1. The van der Waals surface area contributed by atoms with Gasteiger partial charge in [0.15, 0.2) is 11.5 Å². The van der Waals surface area contributed by atoms with E-state index in [2.05, 4.69) is 22.0 Å². The fraction of sp³-hybridized carbons (Fsp3) is 0.448. The Hall–Kier alpha value is -3.36. The van der Waals surface area contributed by atoms with Gasteiger partial charge in [-0.25, -0.2) is 0 Å². The van der Waals surface area contributed by atoms with E-state index in [-0.39, 0.29) is 11.9 Å². The summed E-state index contributed by atoms with van der Waals surface area (Å²) in [4.78, 5) is 18.0. The van der Waals surface area contributed by atoms with Crippen LogP contribution >= 0.6 is 0 Å². The molecule has 196 valence electrons. The van der Waals surface area contributed by atoms with E-state index in [1.54, 1.807) is 7.11 Å². The van der Waals surface area contributed by atoms with Gasteiger partial charge >= 0.3 is 0 Å². The highest BCUT2D eigenvalue weighted by atomic mass is 16.5. The van der Waals surface area contributed by atoms with E-state index >= 15 is 0 Å². The van der Waals surface area contributed by atoms with Gasteiger partial charge in [-0.2, -0.15) is 5.10 Å². The number of unbranched alkanes of at least 4 members (excludes halogenated alkanes) is 1. The molecule has 8 heteroatoms. The van der Waals surface area contributed by atoms with E-state index in [4.69, 9.17) is 14.2 Å². The van der Waals surface area contributed by atoms with E-state index < -0.39 is 0 Å². The van der Waals surface area contributed by atoms with Gasteiger partial charge in [0, 0.05) is 37.3 Å². The van der Waals surface area contributed by atoms with Crippen LogP contribution in [0.4, 0.5) is 0 Å². The van der Waals surface area contributed by atoms with Gasteiger partial charge in [0.1, 0.15) is 5.69 Å². The number of aromatic amines is 1. The number of aromatic nitrogens is 2. The molecule has 2 aliphatic heterocycles. The Labute approximate surface area is 218 Å². The number of hydrogen-bond donors (Lipinski definition) is 1. The van der Waals surface area contributed by atoms with E-state index in [9.17, 15) is 4.79 Å². The maximum Gasteiger partial charge on any atom is 0.273 e. The van der Waals surface area contributed by atoms with Gasteiger partial charge in [-0.05, 0) is 30.5 Å². The van der Waals surface area contributed by atoms with Crippen molar-refractivity contribution in [3.05, 3.63) is 65.4 Å². The Bertz CT molecular complexity index is 1190. The number of fused-ring (bicyclic) bond motifs is 1. The standard InChI is InChI=1S/C29H36N4O4/c1-3-4-17-37-23-12-11-22(20-24(23)35-2)28-25-26(21-9-6-5-7-10-21)30-31-27(25)29(34)33(28)14-8-13-32-15-18-36-19-16-32/h5-7,9-12,20,28H,3-4,8,13-19H2,1-2H3,(H,30,31). The molecule has 2 aliphatic rings. The summed E-state index contributed by atoms with van der Waals surface area (Å²) >= 11 is 0. The molecule has 5 rings (SSSR count). The van der Waals surface area contributed by atoms with Crippen molar-refractivity contribution in [2.45, 2.75) is 32.2 Å². The van der Waals surface area contributed by atoms with Crippen LogP contribution in [0.2, 0.25) is 0 Å². The van der Waals surface area contributed by atoms with Crippen LogP contribution in [-0.4, -0.2) is 79.0 Å². The normalized spacial score (nSPS) is 17.7. The Kier molecular flexibility index (Phi) is 8.06. The summed E-state index contributed by atoms with van der Waals surface area (Å²) in [5.41, 5.74) is 4.27. The number of rotatable bonds is 11. The lowest BCUT2D eigenvalue weighted by Crippen LogP contribution is -2.38. The first-order chi connectivity index (χ1) is 18.2. The molecule has 1 saturated heterocycles. The SMILES string of the molecule is CCCCOc1ccc(C2c3c(-c4ccccc4)n[nH]c3C(=O)N2CCCN2CCOCC2)cc1OC. The first-order valence-corrected chi connectivity index (χ1v) is 13.3. The highest BCUT2D eigenvalue weighted by Gasteiger charge is 2.42. The van der Waals surface area contributed by atoms with E-state index in [1.807, 2.05) is 53.4 Å². The average molecular weight is 505 g/mol. The predicted molar refractivity (Wildman–Crippen MR) is 142 cm³/mol. The molecule has 1 fully saturated rings. The molecular formula is C29H36N4O4. The van der Waals surface area contributed by atoms with E-state index in [0.29, 0.717) is 24.6 Å². The first kappa shape index (κ1) is 25.3. The van der Waals surface area contributed by atoms with Gasteiger partial charge in [-0.15, -0.1) is 0 Å². The molecule has 0 saturated carbocycles. The van der Waals surface area contributed by atoms with Crippen molar-refractivity contribution in [2.75, 3.05) is 53.1 Å². The number of nitrogens with one attached hydrogen (secondary N) is 1. The van der Waals surface area contributed by atoms with Crippen LogP contribution < -0.4 is 9.47 Å². The van der Waals surface area contributed by atoms with Crippen molar-refractivity contribution >= 4 is 5.91 Å². The summed E-state index contributed by atoms with van der Waals surface area (Å²) in [5.74, 6) is 1.38. The second-order valence-corrected chi connectivity index (χ2v) is 9.55. The molecule has 2 aromatic carbocycles. The van der Waals surface area contributed by atoms with Crippen LogP contribution in [0.5, 0.6) is 11.5 Å². The minimum atomic E-state index is -0.264. The number of methoxy groups -OCH3 is 1. The summed E-state index contributed by atoms with van der Waals surface area (Å²) in [7, 11) is 1.66. The van der Waals surface area contributed by atoms with Crippen LogP contribution in [0.1, 0.15) is 53.8 Å². The Balaban J connectivity index is 1.47. The van der Waals surface area contributed by atoms with Gasteiger partial charge in [0.2, 0.25) is 0 Å². The van der Waals surface area contributed by atoms with Crippen LogP contribution in [0.15, 0.2) is 48.5 Å². The number of carbonyl (C=O) groups is 1. The van der Waals surface area contributed by atoms with E-state index in [1.165, 1.54) is 0 Å². The molecule has 0 spiro atoms. The van der Waals surface area contributed by atoms with Gasteiger partial charge in [-0.3, -0.25) is 14.8 Å². The molecule has 3 heterocycles. The van der Waals surface area contributed by atoms with Crippen LogP contribution in [0.3, 0.4) is 0 Å². The van der Waals surface area contributed by atoms with Gasteiger partial charge in [0.05, 0.1) is 38.7 Å². The summed E-state index contributed by atoms with van der Waals surface area (Å²) < 4.78 is 17.2. The highest BCUT2D eigenvalue weighted by molar-refractivity contribution is 6.00. The second-order valence-electron chi connectivity index (χ2n) is 9.55. The molecule has 1 aromatic heterocycles. The zero-order valence-electron chi connectivity index (χ0n) is 21.7. The molecule has 8 nitrogen and oxygen atoms in total. The third kappa shape index (κ3) is 5.36. The van der Waals surface area contributed by atoms with Crippen molar-refractivity contribution in [3.63, 3.8) is 0 Å². The maximum absolute atomic E-state index is 13.7. The molecule has 1 amide bonds. The van der Waals surface area contributed by atoms with Gasteiger partial charge < -0.3 is 19.1 Å². The smallest absolute Gasteiger partial charge is 0.273 e. The molecule has 1 N–H and O–H groups in total. The van der Waals surface area contributed by atoms with Crippen molar-refractivity contribution in [1.82, 2.24) is 20.0 Å². The topological polar surface area (TPSA) is 79.9 Å². The lowest BCUT2D eigenvalue weighted by atomic mass is 9.95. The van der Waals surface area contributed by atoms with E-state index in [0.717, 1.165) is 80.2 Å². The quantitative estimate of drug-likeness (QED) is 0.387. The number of ether oxygens (including phenoxy) is 3. The molecular weight excluding hydrogens is 468 g/mol. The molecule has 3 aromatic rings. The third-order valence-electron chi connectivity index (χ3n) is 7.15. The summed E-state index contributed by atoms with van der Waals surface area (Å²) in [6.07, 6.45) is 2.93. The number of morpholine rings is 1. The molecule has 0 radical (unpaired) electrons. The fourth-order valence-corrected chi connectivity index (χ4v) is 5.18. The van der Waals surface area contributed by atoms with Crippen molar-refractivity contribution in [2.24, 2.45) is 0 Å². The fourth-order valence-electron chi connectivity index (χ4n) is 5.18. The zero-order chi connectivity index (χ0) is 25.6. The van der Waals surface area contributed by atoms with Crippen LogP contribution in [-0.2, 0) is 4.74 Å². The van der Waals surface area contributed by atoms with Crippen LogP contribution in [0.25, 0.3) is 11.3 Å². The number of H-pyrrole nitrogens is 1. The second kappa shape index (κ2) is 11.8. The average Bonchev–Trinajstić information content (AvgIpc) is 3.49. The maximum atomic E-state index is 13.7. The number of nitrogens with zero attached hydrogens (tertiary/aromatic N) is 3. The summed E-state index contributed by atoms with van der Waals surface area (Å²) in [6, 6.07) is 15.8. The summed E-state index contributed by atoms with van der Waals surface area (Å²) in [6.45, 7) is 7.79. The van der Waals surface area contributed by atoms with Gasteiger partial charge in [0.25, 0.3) is 5.91 Å². The van der Waals surface area contributed by atoms with Crippen molar-refractivity contribution in [3.8, 4) is 22.8 Å².